The highest BCUT2D eigenvalue weighted by molar-refractivity contribution is 7.22. The van der Waals surface area contributed by atoms with Crippen molar-refractivity contribution in [2.24, 2.45) is 0 Å². The molecule has 4 rings (SSSR count). The number of aryl methyl sites for hydroxylation is 1. The Morgan fingerprint density at radius 3 is 2.80 bits per heavy atom. The SMILES string of the molecule is Cc1c(F)ccc2sc(N3C4CCCC3COC4)nc12. The van der Waals surface area contributed by atoms with Crippen LogP contribution < -0.4 is 4.90 Å². The molecule has 1 aromatic heterocycles. The number of rotatable bonds is 1. The third-order valence-electron chi connectivity index (χ3n) is 4.44. The average Bonchev–Trinajstić information content (AvgIpc) is 2.87. The normalized spacial score (nSPS) is 26.2. The summed E-state index contributed by atoms with van der Waals surface area (Å²) in [5, 5.41) is 1.03. The number of halogens is 1. The lowest BCUT2D eigenvalue weighted by Gasteiger charge is -2.45. The van der Waals surface area contributed by atoms with E-state index in [1.807, 2.05) is 6.07 Å². The number of fused-ring (bicyclic) bond motifs is 3. The third kappa shape index (κ3) is 1.84. The molecule has 0 spiro atoms. The van der Waals surface area contributed by atoms with Gasteiger partial charge in [0.2, 0.25) is 0 Å². The maximum absolute atomic E-state index is 13.7. The Bertz CT molecular complexity index is 635. The number of nitrogens with zero attached hydrogens (tertiary/aromatic N) is 2. The molecule has 0 radical (unpaired) electrons. The minimum atomic E-state index is -0.170. The molecule has 2 aromatic rings. The Kier molecular flexibility index (Phi) is 2.93. The molecule has 1 aromatic carbocycles. The Morgan fingerprint density at radius 2 is 2.05 bits per heavy atom. The van der Waals surface area contributed by atoms with E-state index in [0.717, 1.165) is 28.6 Å². The number of hydrogen-bond donors (Lipinski definition) is 0. The first-order valence-electron chi connectivity index (χ1n) is 7.16. The second-order valence-electron chi connectivity index (χ2n) is 5.70. The number of benzene rings is 1. The molecule has 20 heavy (non-hydrogen) atoms. The number of aromatic nitrogens is 1. The molecule has 2 fully saturated rings. The van der Waals surface area contributed by atoms with Crippen LogP contribution in [0, 0.1) is 12.7 Å². The number of piperidine rings is 1. The summed E-state index contributed by atoms with van der Waals surface area (Å²) in [6.45, 7) is 3.39. The van der Waals surface area contributed by atoms with Crippen molar-refractivity contribution in [1.82, 2.24) is 4.98 Å². The van der Waals surface area contributed by atoms with E-state index in [-0.39, 0.29) is 5.82 Å². The van der Waals surface area contributed by atoms with Gasteiger partial charge in [-0.15, -0.1) is 0 Å². The molecule has 5 heteroatoms. The summed E-state index contributed by atoms with van der Waals surface area (Å²) in [6, 6.07) is 4.26. The van der Waals surface area contributed by atoms with Crippen molar-refractivity contribution >= 4 is 26.7 Å². The Hall–Kier alpha value is -1.20. The van der Waals surface area contributed by atoms with Crippen molar-refractivity contribution in [2.45, 2.75) is 38.3 Å². The zero-order valence-corrected chi connectivity index (χ0v) is 12.3. The number of ether oxygens (including phenoxy) is 1. The minimum absolute atomic E-state index is 0.170. The fourth-order valence-electron chi connectivity index (χ4n) is 3.34. The number of morpholine rings is 1. The first kappa shape index (κ1) is 12.5. The van der Waals surface area contributed by atoms with Crippen LogP contribution in [-0.4, -0.2) is 30.3 Å². The lowest BCUT2D eigenvalue weighted by atomic mass is 9.95. The quantitative estimate of drug-likeness (QED) is 0.804. The summed E-state index contributed by atoms with van der Waals surface area (Å²) >= 11 is 1.68. The molecule has 3 heterocycles. The molecular formula is C15H17FN2OS. The first-order valence-corrected chi connectivity index (χ1v) is 7.97. The van der Waals surface area contributed by atoms with Crippen LogP contribution >= 0.6 is 11.3 Å². The van der Waals surface area contributed by atoms with Crippen LogP contribution in [0.2, 0.25) is 0 Å². The number of anilines is 1. The van der Waals surface area contributed by atoms with Gasteiger partial charge in [0, 0.05) is 5.56 Å². The fourth-order valence-corrected chi connectivity index (χ4v) is 4.51. The molecule has 0 aliphatic carbocycles. The molecule has 106 valence electrons. The van der Waals surface area contributed by atoms with Gasteiger partial charge in [-0.3, -0.25) is 0 Å². The van der Waals surface area contributed by atoms with Crippen molar-refractivity contribution in [3.8, 4) is 0 Å². The monoisotopic (exact) mass is 292 g/mol. The zero-order chi connectivity index (χ0) is 13.7. The predicted octanol–water partition coefficient (Wildman–Crippen LogP) is 3.50. The van der Waals surface area contributed by atoms with E-state index in [1.54, 1.807) is 24.3 Å². The van der Waals surface area contributed by atoms with Crippen LogP contribution in [0.15, 0.2) is 12.1 Å². The fraction of sp³-hybridized carbons (Fsp3) is 0.533. The topological polar surface area (TPSA) is 25.4 Å². The predicted molar refractivity (Wildman–Crippen MR) is 79.0 cm³/mol. The van der Waals surface area contributed by atoms with E-state index in [2.05, 4.69) is 4.90 Å². The van der Waals surface area contributed by atoms with E-state index in [0.29, 0.717) is 17.6 Å². The van der Waals surface area contributed by atoms with E-state index in [4.69, 9.17) is 9.72 Å². The lowest BCUT2D eigenvalue weighted by molar-refractivity contribution is 0.0463. The molecule has 0 saturated carbocycles. The molecule has 0 N–H and O–H groups in total. The number of hydrogen-bond acceptors (Lipinski definition) is 4. The van der Waals surface area contributed by atoms with Crippen LogP contribution in [0.5, 0.6) is 0 Å². The largest absolute Gasteiger partial charge is 0.377 e. The van der Waals surface area contributed by atoms with Crippen LogP contribution in [0.3, 0.4) is 0 Å². The summed E-state index contributed by atoms with van der Waals surface area (Å²) in [7, 11) is 0. The first-order chi connectivity index (χ1) is 9.74. The second-order valence-corrected chi connectivity index (χ2v) is 6.71. The van der Waals surface area contributed by atoms with Gasteiger partial charge in [-0.1, -0.05) is 11.3 Å². The molecule has 3 nitrogen and oxygen atoms in total. The van der Waals surface area contributed by atoms with Gasteiger partial charge < -0.3 is 9.64 Å². The lowest BCUT2D eigenvalue weighted by Crippen LogP contribution is -2.55. The average molecular weight is 292 g/mol. The second kappa shape index (κ2) is 4.67. The molecule has 2 saturated heterocycles. The summed E-state index contributed by atoms with van der Waals surface area (Å²) in [6.07, 6.45) is 3.60. The molecule has 2 bridgehead atoms. The van der Waals surface area contributed by atoms with Crippen molar-refractivity contribution < 1.29 is 9.13 Å². The maximum Gasteiger partial charge on any atom is 0.187 e. The van der Waals surface area contributed by atoms with Crippen molar-refractivity contribution in [3.63, 3.8) is 0 Å². The van der Waals surface area contributed by atoms with Gasteiger partial charge in [-0.05, 0) is 38.3 Å². The summed E-state index contributed by atoms with van der Waals surface area (Å²) in [5.41, 5.74) is 1.47. The van der Waals surface area contributed by atoms with Crippen molar-refractivity contribution in [1.29, 1.82) is 0 Å². The Balaban J connectivity index is 1.80. The van der Waals surface area contributed by atoms with Gasteiger partial charge in [0.05, 0.1) is 35.5 Å². The molecule has 2 aliphatic rings. The van der Waals surface area contributed by atoms with Crippen LogP contribution in [0.4, 0.5) is 9.52 Å². The molecule has 0 amide bonds. The van der Waals surface area contributed by atoms with Gasteiger partial charge in [-0.25, -0.2) is 9.37 Å². The Morgan fingerprint density at radius 1 is 1.30 bits per heavy atom. The standard InChI is InChI=1S/C15H17FN2OS/c1-9-12(16)5-6-13-14(9)17-15(20-13)18-10-3-2-4-11(18)8-19-7-10/h5-6,10-11H,2-4,7-8H2,1H3. The van der Waals surface area contributed by atoms with Crippen molar-refractivity contribution in [3.05, 3.63) is 23.5 Å². The third-order valence-corrected chi connectivity index (χ3v) is 5.47. The van der Waals surface area contributed by atoms with Gasteiger partial charge in [-0.2, -0.15) is 0 Å². The van der Waals surface area contributed by atoms with Gasteiger partial charge >= 0.3 is 0 Å². The highest BCUT2D eigenvalue weighted by atomic mass is 32.1. The maximum atomic E-state index is 13.7. The van der Waals surface area contributed by atoms with Crippen LogP contribution in [-0.2, 0) is 4.74 Å². The highest BCUT2D eigenvalue weighted by Crippen LogP contribution is 2.38. The van der Waals surface area contributed by atoms with E-state index < -0.39 is 0 Å². The zero-order valence-electron chi connectivity index (χ0n) is 11.4. The Labute approximate surface area is 121 Å². The molecule has 2 aliphatic heterocycles. The van der Waals surface area contributed by atoms with Crippen LogP contribution in [0.25, 0.3) is 10.2 Å². The number of thiazole rings is 1. The summed E-state index contributed by atoms with van der Waals surface area (Å²) < 4.78 is 20.4. The summed E-state index contributed by atoms with van der Waals surface area (Å²) in [5.74, 6) is -0.170. The van der Waals surface area contributed by atoms with Crippen LogP contribution in [0.1, 0.15) is 24.8 Å². The van der Waals surface area contributed by atoms with E-state index in [9.17, 15) is 4.39 Å². The molecule has 2 atom stereocenters. The van der Waals surface area contributed by atoms with E-state index in [1.165, 1.54) is 19.3 Å². The molecule has 2 unspecified atom stereocenters. The smallest absolute Gasteiger partial charge is 0.187 e. The van der Waals surface area contributed by atoms with Gasteiger partial charge in [0.1, 0.15) is 5.82 Å². The van der Waals surface area contributed by atoms with E-state index >= 15 is 0 Å². The van der Waals surface area contributed by atoms with Gasteiger partial charge in [0.25, 0.3) is 0 Å². The van der Waals surface area contributed by atoms with Gasteiger partial charge in [0.15, 0.2) is 5.13 Å². The van der Waals surface area contributed by atoms with Crippen molar-refractivity contribution in [2.75, 3.05) is 18.1 Å². The summed E-state index contributed by atoms with van der Waals surface area (Å²) in [4.78, 5) is 7.15. The highest BCUT2D eigenvalue weighted by Gasteiger charge is 2.36. The molecular weight excluding hydrogens is 275 g/mol. The minimum Gasteiger partial charge on any atom is -0.377 e.